The van der Waals surface area contributed by atoms with Gasteiger partial charge in [0.05, 0.1) is 5.37 Å². The highest BCUT2D eigenvalue weighted by atomic mass is 32.2. The van der Waals surface area contributed by atoms with Crippen LogP contribution in [0.4, 0.5) is 0 Å². The van der Waals surface area contributed by atoms with Gasteiger partial charge < -0.3 is 5.11 Å². The molecular weight excluding hydrogens is 150 g/mol. The molecule has 10 heavy (non-hydrogen) atoms. The second kappa shape index (κ2) is 3.25. The van der Waals surface area contributed by atoms with Crippen LogP contribution >= 0.6 is 11.8 Å². The maximum atomic E-state index is 10.4. The van der Waals surface area contributed by atoms with Crippen molar-refractivity contribution in [3.63, 3.8) is 0 Å². The van der Waals surface area contributed by atoms with Crippen LogP contribution < -0.4 is 5.32 Å². The summed E-state index contributed by atoms with van der Waals surface area (Å²) in [5.74, 6) is -0.0307. The molecule has 0 aromatic rings. The summed E-state index contributed by atoms with van der Waals surface area (Å²) in [7, 11) is 0. The first-order valence-corrected chi connectivity index (χ1v) is 4.39. The topological polar surface area (TPSA) is 49.3 Å². The Morgan fingerprint density at radius 3 is 2.90 bits per heavy atom. The third-order valence-corrected chi connectivity index (χ3v) is 2.92. The van der Waals surface area contributed by atoms with Crippen molar-refractivity contribution in [1.29, 1.82) is 0 Å². The molecule has 2 N–H and O–H groups in total. The number of nitrogens with one attached hydrogen (secondary N) is 1. The average molecular weight is 161 g/mol. The molecule has 1 rings (SSSR count). The lowest BCUT2D eigenvalue weighted by Gasteiger charge is -2.06. The minimum atomic E-state index is -0.733. The van der Waals surface area contributed by atoms with E-state index < -0.39 is 5.97 Å². The number of carboxylic acid groups (broad SMARTS) is 1. The first-order valence-electron chi connectivity index (χ1n) is 3.34. The summed E-state index contributed by atoms with van der Waals surface area (Å²) in [6.45, 7) is 2.05. The largest absolute Gasteiger partial charge is 0.480 e. The van der Waals surface area contributed by atoms with Crippen LogP contribution in [0.2, 0.25) is 0 Å². The fraction of sp³-hybridized carbons (Fsp3) is 0.833. The van der Waals surface area contributed by atoms with Crippen molar-refractivity contribution in [2.45, 2.75) is 24.8 Å². The van der Waals surface area contributed by atoms with E-state index in [4.69, 9.17) is 5.11 Å². The van der Waals surface area contributed by atoms with E-state index in [2.05, 4.69) is 12.2 Å². The van der Waals surface area contributed by atoms with Gasteiger partial charge in [0.25, 0.3) is 0 Å². The average Bonchev–Trinajstić information content (AvgIpc) is 2.34. The summed E-state index contributed by atoms with van der Waals surface area (Å²) in [6.07, 6.45) is 0.994. The molecule has 58 valence electrons. The van der Waals surface area contributed by atoms with Gasteiger partial charge in [0.2, 0.25) is 0 Å². The quantitative estimate of drug-likeness (QED) is 0.619. The highest BCUT2D eigenvalue weighted by Gasteiger charge is 2.27. The Balaban J connectivity index is 2.35. The first-order chi connectivity index (χ1) is 4.74. The van der Waals surface area contributed by atoms with Crippen molar-refractivity contribution in [2.24, 2.45) is 0 Å². The van der Waals surface area contributed by atoms with Gasteiger partial charge in [-0.3, -0.25) is 10.1 Å². The summed E-state index contributed by atoms with van der Waals surface area (Å²) in [5, 5.41) is 11.9. The van der Waals surface area contributed by atoms with Gasteiger partial charge in [-0.15, -0.1) is 11.8 Å². The Hall–Kier alpha value is -0.220. The fourth-order valence-corrected chi connectivity index (χ4v) is 2.07. The van der Waals surface area contributed by atoms with Crippen molar-refractivity contribution >= 4 is 17.7 Å². The molecule has 4 heteroatoms. The molecule has 1 unspecified atom stereocenters. The van der Waals surface area contributed by atoms with Crippen LogP contribution in [-0.4, -0.2) is 28.2 Å². The number of hydrogen-bond donors (Lipinski definition) is 2. The molecule has 1 aliphatic rings. The number of carboxylic acids is 1. The molecule has 0 saturated carbocycles. The van der Waals surface area contributed by atoms with Gasteiger partial charge >= 0.3 is 5.97 Å². The molecule has 1 aliphatic heterocycles. The number of thioether (sulfide) groups is 1. The maximum Gasteiger partial charge on any atom is 0.321 e. The standard InChI is InChI=1S/C6H11NO2S/c1-2-5-7-4(3-10-5)6(8)9/h4-5,7H,2-3H2,1H3,(H,8,9)/t4-,5?/m1/s1. The normalized spacial score (nSPS) is 32.5. The van der Waals surface area contributed by atoms with Crippen LogP contribution in [0.25, 0.3) is 0 Å². The van der Waals surface area contributed by atoms with Crippen LogP contribution in [0.5, 0.6) is 0 Å². The van der Waals surface area contributed by atoms with E-state index in [0.29, 0.717) is 11.1 Å². The van der Waals surface area contributed by atoms with Crippen LogP contribution in [-0.2, 0) is 4.79 Å². The summed E-state index contributed by atoms with van der Waals surface area (Å²) in [5.41, 5.74) is 0. The molecular formula is C6H11NO2S. The van der Waals surface area contributed by atoms with Gasteiger partial charge in [0.1, 0.15) is 6.04 Å². The fourth-order valence-electron chi connectivity index (χ4n) is 0.911. The molecule has 0 radical (unpaired) electrons. The Labute approximate surface area is 64.2 Å². The van der Waals surface area contributed by atoms with E-state index >= 15 is 0 Å². The van der Waals surface area contributed by atoms with E-state index in [1.807, 2.05) is 0 Å². The molecule has 0 spiro atoms. The summed E-state index contributed by atoms with van der Waals surface area (Å²) in [4.78, 5) is 10.4. The van der Waals surface area contributed by atoms with E-state index in [1.165, 1.54) is 0 Å². The smallest absolute Gasteiger partial charge is 0.321 e. The first kappa shape index (κ1) is 7.88. The highest BCUT2D eigenvalue weighted by Crippen LogP contribution is 2.20. The zero-order valence-corrected chi connectivity index (χ0v) is 6.65. The molecule has 2 atom stereocenters. The minimum Gasteiger partial charge on any atom is -0.480 e. The van der Waals surface area contributed by atoms with Gasteiger partial charge in [0.15, 0.2) is 0 Å². The van der Waals surface area contributed by atoms with Crippen LogP contribution in [0.15, 0.2) is 0 Å². The van der Waals surface area contributed by atoms with Crippen molar-refractivity contribution in [2.75, 3.05) is 5.75 Å². The van der Waals surface area contributed by atoms with Crippen LogP contribution in [0.3, 0.4) is 0 Å². The van der Waals surface area contributed by atoms with Crippen molar-refractivity contribution in [3.05, 3.63) is 0 Å². The third kappa shape index (κ3) is 1.64. The van der Waals surface area contributed by atoms with E-state index in [-0.39, 0.29) is 6.04 Å². The Morgan fingerprint density at radius 1 is 1.90 bits per heavy atom. The Kier molecular flexibility index (Phi) is 2.56. The molecule has 0 amide bonds. The lowest BCUT2D eigenvalue weighted by atomic mass is 10.3. The number of aliphatic carboxylic acids is 1. The van der Waals surface area contributed by atoms with E-state index in [9.17, 15) is 4.79 Å². The zero-order valence-electron chi connectivity index (χ0n) is 5.83. The molecule has 3 nitrogen and oxygen atoms in total. The molecule has 0 aliphatic carbocycles. The zero-order chi connectivity index (χ0) is 7.56. The lowest BCUT2D eigenvalue weighted by molar-refractivity contribution is -0.138. The van der Waals surface area contributed by atoms with E-state index in [1.54, 1.807) is 11.8 Å². The van der Waals surface area contributed by atoms with Gasteiger partial charge in [-0.2, -0.15) is 0 Å². The van der Waals surface area contributed by atoms with Gasteiger partial charge in [-0.05, 0) is 6.42 Å². The molecule has 0 aromatic carbocycles. The SMILES string of the molecule is CCC1N[C@@H](C(=O)O)CS1. The predicted octanol–water partition coefficient (Wildman–Crippen LogP) is 0.512. The van der Waals surface area contributed by atoms with Crippen molar-refractivity contribution in [3.8, 4) is 0 Å². The second-order valence-electron chi connectivity index (χ2n) is 2.29. The van der Waals surface area contributed by atoms with Gasteiger partial charge in [-0.25, -0.2) is 0 Å². The summed E-state index contributed by atoms with van der Waals surface area (Å²) in [6, 6.07) is -0.324. The van der Waals surface area contributed by atoms with E-state index in [0.717, 1.165) is 6.42 Å². The van der Waals surface area contributed by atoms with Gasteiger partial charge in [-0.1, -0.05) is 6.92 Å². The number of rotatable bonds is 2. The Morgan fingerprint density at radius 2 is 2.60 bits per heavy atom. The maximum absolute atomic E-state index is 10.4. The Bertz CT molecular complexity index is 140. The summed E-state index contributed by atoms with van der Waals surface area (Å²) >= 11 is 1.69. The van der Waals surface area contributed by atoms with Crippen LogP contribution in [0, 0.1) is 0 Å². The molecule has 1 heterocycles. The second-order valence-corrected chi connectivity index (χ2v) is 3.52. The summed E-state index contributed by atoms with van der Waals surface area (Å²) < 4.78 is 0. The van der Waals surface area contributed by atoms with Crippen molar-refractivity contribution < 1.29 is 9.90 Å². The monoisotopic (exact) mass is 161 g/mol. The highest BCUT2D eigenvalue weighted by molar-refractivity contribution is 8.00. The lowest BCUT2D eigenvalue weighted by Crippen LogP contribution is -2.36. The minimum absolute atomic E-state index is 0.324. The van der Waals surface area contributed by atoms with Crippen LogP contribution in [0.1, 0.15) is 13.3 Å². The molecule has 0 bridgehead atoms. The predicted molar refractivity (Wildman–Crippen MR) is 41.1 cm³/mol. The molecule has 1 saturated heterocycles. The molecule has 0 aromatic heterocycles. The molecule has 1 fully saturated rings. The third-order valence-electron chi connectivity index (χ3n) is 1.52. The van der Waals surface area contributed by atoms with Crippen molar-refractivity contribution in [1.82, 2.24) is 5.32 Å². The number of carbonyl (C=O) groups is 1. The number of hydrogen-bond acceptors (Lipinski definition) is 3. The van der Waals surface area contributed by atoms with Gasteiger partial charge in [0, 0.05) is 5.75 Å².